The van der Waals surface area contributed by atoms with Gasteiger partial charge in [-0.25, -0.2) is 0 Å². The lowest BCUT2D eigenvalue weighted by Gasteiger charge is -2.28. The number of nitrogens with one attached hydrogen (secondary N) is 2. The van der Waals surface area contributed by atoms with Crippen LogP contribution in [0.4, 0.5) is 0 Å². The zero-order valence-corrected chi connectivity index (χ0v) is 15.7. The van der Waals surface area contributed by atoms with Crippen LogP contribution in [-0.2, 0) is 4.79 Å². The van der Waals surface area contributed by atoms with E-state index in [1.165, 1.54) is 0 Å². The summed E-state index contributed by atoms with van der Waals surface area (Å²) in [4.78, 5) is 26.6. The average Bonchev–Trinajstić information content (AvgIpc) is 2.84. The van der Waals surface area contributed by atoms with Crippen molar-refractivity contribution in [2.45, 2.75) is 44.2 Å². The first-order valence-corrected chi connectivity index (χ1v) is 9.08. The number of nitrogens with zero attached hydrogens (tertiary/aromatic N) is 1. The van der Waals surface area contributed by atoms with E-state index in [1.54, 1.807) is 24.3 Å². The van der Waals surface area contributed by atoms with Crippen molar-refractivity contribution in [2.24, 2.45) is 0 Å². The Hall–Kier alpha value is -1.30. The van der Waals surface area contributed by atoms with Crippen LogP contribution in [0.15, 0.2) is 24.3 Å². The molecule has 2 heterocycles. The van der Waals surface area contributed by atoms with Crippen LogP contribution in [0.25, 0.3) is 0 Å². The molecule has 0 aliphatic carbocycles. The molecule has 2 N–H and O–H groups in total. The third-order valence-electron chi connectivity index (χ3n) is 4.90. The number of rotatable bonds is 5. The minimum absolute atomic E-state index is 0. The number of benzene rings is 1. The van der Waals surface area contributed by atoms with Gasteiger partial charge in [-0.05, 0) is 56.5 Å². The predicted octanol–water partition coefficient (Wildman–Crippen LogP) is 2.62. The summed E-state index contributed by atoms with van der Waals surface area (Å²) in [6.45, 7) is 2.42. The smallest absolute Gasteiger partial charge is 0.251 e. The van der Waals surface area contributed by atoms with Crippen molar-refractivity contribution in [3.8, 4) is 0 Å². The van der Waals surface area contributed by atoms with E-state index in [1.807, 2.05) is 0 Å². The van der Waals surface area contributed by atoms with Crippen molar-refractivity contribution in [1.82, 2.24) is 15.5 Å². The van der Waals surface area contributed by atoms with E-state index in [0.717, 1.165) is 32.4 Å². The predicted molar refractivity (Wildman–Crippen MR) is 101 cm³/mol. The highest BCUT2D eigenvalue weighted by Crippen LogP contribution is 2.28. The van der Waals surface area contributed by atoms with Crippen LogP contribution in [0.1, 0.15) is 42.5 Å². The van der Waals surface area contributed by atoms with Crippen molar-refractivity contribution < 1.29 is 9.59 Å². The molecule has 2 fully saturated rings. The minimum atomic E-state index is -0.127. The molecule has 1 aromatic carbocycles. The molecule has 2 atom stereocenters. The van der Waals surface area contributed by atoms with E-state index >= 15 is 0 Å². The monoisotopic (exact) mass is 385 g/mol. The molecule has 7 heteroatoms. The van der Waals surface area contributed by atoms with E-state index in [-0.39, 0.29) is 24.2 Å². The molecule has 2 aliphatic heterocycles. The first-order chi connectivity index (χ1) is 11.6. The van der Waals surface area contributed by atoms with E-state index < -0.39 is 0 Å². The largest absolute Gasteiger partial charge is 0.352 e. The summed E-state index contributed by atoms with van der Waals surface area (Å²) in [7, 11) is 0. The number of hydrogen-bond donors (Lipinski definition) is 2. The maximum Gasteiger partial charge on any atom is 0.251 e. The second-order valence-corrected chi connectivity index (χ2v) is 6.98. The summed E-state index contributed by atoms with van der Waals surface area (Å²) in [5, 5.41) is 6.88. The molecule has 2 aliphatic rings. The minimum Gasteiger partial charge on any atom is -0.352 e. The highest BCUT2D eigenvalue weighted by molar-refractivity contribution is 6.30. The third kappa shape index (κ3) is 5.09. The topological polar surface area (TPSA) is 61.4 Å². The molecule has 0 spiro atoms. The Balaban J connectivity index is 0.00000225. The fraction of sp³-hybridized carbons (Fsp3) is 0.556. The van der Waals surface area contributed by atoms with E-state index in [9.17, 15) is 9.59 Å². The van der Waals surface area contributed by atoms with Crippen LogP contribution < -0.4 is 10.6 Å². The second kappa shape index (κ2) is 9.41. The van der Waals surface area contributed by atoms with Gasteiger partial charge >= 0.3 is 0 Å². The number of carbonyl (C=O) groups is 2. The summed E-state index contributed by atoms with van der Waals surface area (Å²) in [5.41, 5.74) is 0.586. The van der Waals surface area contributed by atoms with Gasteiger partial charge < -0.3 is 15.5 Å². The van der Waals surface area contributed by atoms with Crippen LogP contribution in [0.2, 0.25) is 5.02 Å². The molecular formula is C18H25Cl2N3O2. The van der Waals surface area contributed by atoms with Gasteiger partial charge in [-0.3, -0.25) is 9.59 Å². The Labute approximate surface area is 159 Å². The van der Waals surface area contributed by atoms with E-state index in [2.05, 4.69) is 15.5 Å². The van der Waals surface area contributed by atoms with Crippen molar-refractivity contribution in [3.05, 3.63) is 34.9 Å². The van der Waals surface area contributed by atoms with Crippen molar-refractivity contribution in [2.75, 3.05) is 19.6 Å². The van der Waals surface area contributed by atoms with Crippen LogP contribution in [-0.4, -0.2) is 48.4 Å². The van der Waals surface area contributed by atoms with Crippen LogP contribution in [0.5, 0.6) is 0 Å². The summed E-state index contributed by atoms with van der Waals surface area (Å²) in [6, 6.07) is 7.55. The quantitative estimate of drug-likeness (QED) is 0.765. The first-order valence-electron chi connectivity index (χ1n) is 8.71. The van der Waals surface area contributed by atoms with Gasteiger partial charge in [0.2, 0.25) is 5.91 Å². The number of amides is 2. The van der Waals surface area contributed by atoms with Crippen molar-refractivity contribution >= 4 is 35.8 Å². The highest BCUT2D eigenvalue weighted by atomic mass is 35.5. The Morgan fingerprint density at radius 3 is 2.64 bits per heavy atom. The van der Waals surface area contributed by atoms with Crippen LogP contribution in [0.3, 0.4) is 0 Å². The van der Waals surface area contributed by atoms with E-state index in [0.29, 0.717) is 42.1 Å². The summed E-state index contributed by atoms with van der Waals surface area (Å²) in [5.74, 6) is 0.102. The second-order valence-electron chi connectivity index (χ2n) is 6.55. The van der Waals surface area contributed by atoms with Crippen LogP contribution in [0, 0.1) is 0 Å². The zero-order chi connectivity index (χ0) is 16.9. The van der Waals surface area contributed by atoms with Gasteiger partial charge in [-0.1, -0.05) is 11.6 Å². The van der Waals surface area contributed by atoms with Gasteiger partial charge in [0.25, 0.3) is 5.91 Å². The van der Waals surface area contributed by atoms with Gasteiger partial charge in [0, 0.05) is 42.2 Å². The SMILES string of the molecule is Cl.O=C(NCCCC(=O)N1C2CCNCC1CC2)c1ccc(Cl)cc1. The van der Waals surface area contributed by atoms with Gasteiger partial charge in [-0.15, -0.1) is 12.4 Å². The molecule has 5 nitrogen and oxygen atoms in total. The molecule has 2 saturated heterocycles. The average molecular weight is 386 g/mol. The van der Waals surface area contributed by atoms with Gasteiger partial charge in [-0.2, -0.15) is 0 Å². The molecule has 0 aromatic heterocycles. The van der Waals surface area contributed by atoms with Gasteiger partial charge in [0.1, 0.15) is 0 Å². The Kier molecular flexibility index (Phi) is 7.54. The first kappa shape index (κ1) is 20.0. The Morgan fingerprint density at radius 2 is 1.88 bits per heavy atom. The molecule has 0 radical (unpaired) electrons. The normalized spacial score (nSPS) is 22.0. The maximum absolute atomic E-state index is 12.5. The van der Waals surface area contributed by atoms with E-state index in [4.69, 9.17) is 11.6 Å². The molecule has 2 amide bonds. The molecule has 25 heavy (non-hydrogen) atoms. The molecule has 0 saturated carbocycles. The molecule has 2 unspecified atom stereocenters. The highest BCUT2D eigenvalue weighted by Gasteiger charge is 2.37. The van der Waals surface area contributed by atoms with Gasteiger partial charge in [0.15, 0.2) is 0 Å². The molecule has 3 rings (SSSR count). The lowest BCUT2D eigenvalue weighted by molar-refractivity contribution is -0.133. The fourth-order valence-electron chi connectivity index (χ4n) is 3.66. The lowest BCUT2D eigenvalue weighted by Crippen LogP contribution is -2.42. The lowest BCUT2D eigenvalue weighted by atomic mass is 10.1. The number of carbonyl (C=O) groups excluding carboxylic acids is 2. The number of fused-ring (bicyclic) bond motifs is 2. The standard InChI is InChI=1S/C18H24ClN3O2.ClH/c19-14-5-3-13(4-6-14)18(24)21-10-1-2-17(23)22-15-7-8-16(22)12-20-11-9-15;/h3-6,15-16,20H,1-2,7-12H2,(H,21,24);1H. The maximum atomic E-state index is 12.5. The molecular weight excluding hydrogens is 361 g/mol. The van der Waals surface area contributed by atoms with Crippen LogP contribution >= 0.6 is 24.0 Å². The van der Waals surface area contributed by atoms with Crippen molar-refractivity contribution in [1.29, 1.82) is 0 Å². The summed E-state index contributed by atoms with van der Waals surface area (Å²) >= 11 is 5.81. The fourth-order valence-corrected chi connectivity index (χ4v) is 3.79. The summed E-state index contributed by atoms with van der Waals surface area (Å²) < 4.78 is 0. The van der Waals surface area contributed by atoms with Gasteiger partial charge in [0.05, 0.1) is 0 Å². The summed E-state index contributed by atoms with van der Waals surface area (Å²) in [6.07, 6.45) is 4.45. The zero-order valence-electron chi connectivity index (χ0n) is 14.2. The number of hydrogen-bond acceptors (Lipinski definition) is 3. The Morgan fingerprint density at radius 1 is 1.16 bits per heavy atom. The molecule has 2 bridgehead atoms. The molecule has 1 aromatic rings. The molecule has 138 valence electrons. The Bertz CT molecular complexity index is 580. The van der Waals surface area contributed by atoms with Crippen molar-refractivity contribution in [3.63, 3.8) is 0 Å². The number of halogens is 2. The third-order valence-corrected chi connectivity index (χ3v) is 5.15.